The summed E-state index contributed by atoms with van der Waals surface area (Å²) in [5.74, 6) is 0. The molecule has 0 N–H and O–H groups in total. The van der Waals surface area contributed by atoms with Crippen LogP contribution < -0.4 is 10.4 Å². The van der Waals surface area contributed by atoms with Gasteiger partial charge in [-0.2, -0.15) is 11.1 Å². The van der Waals surface area contributed by atoms with Crippen LogP contribution in [0.25, 0.3) is 0 Å². The minimum Gasteiger partial charge on any atom is -0.155 e. The molecular formula is C14H15ClSi. The zero-order valence-corrected chi connectivity index (χ0v) is 11.3. The second-order valence-corrected chi connectivity index (χ2v) is 9.66. The van der Waals surface area contributed by atoms with Crippen LogP contribution in [0.3, 0.4) is 0 Å². The summed E-state index contributed by atoms with van der Waals surface area (Å²) in [6.45, 7) is 4.27. The molecule has 16 heavy (non-hydrogen) atoms. The number of hydrogen-bond donors (Lipinski definition) is 0. The van der Waals surface area contributed by atoms with Crippen LogP contribution in [-0.4, -0.2) is 7.38 Å². The maximum absolute atomic E-state index is 6.78. The maximum atomic E-state index is 6.78. The van der Waals surface area contributed by atoms with Gasteiger partial charge in [0, 0.05) is 0 Å². The Bertz CT molecular complexity index is 460. The Morgan fingerprint density at radius 2 is 1.31 bits per heavy atom. The van der Waals surface area contributed by atoms with Crippen molar-refractivity contribution in [2.75, 3.05) is 0 Å². The summed E-state index contributed by atoms with van der Waals surface area (Å²) in [5, 5.41) is 2.53. The number of benzene rings is 2. The van der Waals surface area contributed by atoms with Gasteiger partial charge >= 0.3 is 0 Å². The fourth-order valence-electron chi connectivity index (χ4n) is 1.78. The summed E-state index contributed by atoms with van der Waals surface area (Å²) in [4.78, 5) is 0. The van der Waals surface area contributed by atoms with Gasteiger partial charge in [-0.3, -0.25) is 0 Å². The van der Waals surface area contributed by atoms with Crippen LogP contribution >= 0.6 is 11.1 Å². The zero-order chi connectivity index (χ0) is 11.6. The summed E-state index contributed by atoms with van der Waals surface area (Å²) >= 11 is 6.78. The van der Waals surface area contributed by atoms with E-state index in [4.69, 9.17) is 11.1 Å². The minimum absolute atomic E-state index is 1.26. The lowest BCUT2D eigenvalue weighted by molar-refractivity contribution is 1.49. The summed E-state index contributed by atoms with van der Waals surface area (Å²) in [6, 6.07) is 19.0. The molecule has 0 aliphatic rings. The summed E-state index contributed by atoms with van der Waals surface area (Å²) in [5.41, 5.74) is 1.28. The van der Waals surface area contributed by atoms with Crippen LogP contribution in [0.15, 0.2) is 54.6 Å². The average Bonchev–Trinajstić information content (AvgIpc) is 2.31. The molecule has 0 aliphatic carbocycles. The normalized spacial score (nSPS) is 14.4. The summed E-state index contributed by atoms with van der Waals surface area (Å²) in [6.07, 6.45) is 0. The molecule has 0 saturated heterocycles. The van der Waals surface area contributed by atoms with Crippen molar-refractivity contribution in [3.63, 3.8) is 0 Å². The molecule has 0 aromatic heterocycles. The molecule has 0 fully saturated rings. The van der Waals surface area contributed by atoms with Crippen molar-refractivity contribution in [3.8, 4) is 0 Å². The Kier molecular flexibility index (Phi) is 3.17. The van der Waals surface area contributed by atoms with Crippen LogP contribution in [0.5, 0.6) is 0 Å². The highest BCUT2D eigenvalue weighted by molar-refractivity contribution is 7.33. The first kappa shape index (κ1) is 11.4. The molecule has 0 saturated carbocycles. The second-order valence-electron chi connectivity index (χ2n) is 4.24. The first-order valence-corrected chi connectivity index (χ1v) is 8.93. The largest absolute Gasteiger partial charge is 0.214 e. The maximum Gasteiger partial charge on any atom is 0.214 e. The third kappa shape index (κ3) is 2.21. The Morgan fingerprint density at radius 3 is 1.88 bits per heavy atom. The lowest BCUT2D eigenvalue weighted by Gasteiger charge is -2.20. The van der Waals surface area contributed by atoms with Gasteiger partial charge in [-0.25, -0.2) is 0 Å². The molecule has 1 atom stereocenters. The molecule has 0 bridgehead atoms. The first-order valence-electron chi connectivity index (χ1n) is 5.42. The van der Waals surface area contributed by atoms with E-state index in [1.165, 1.54) is 15.9 Å². The molecular weight excluding hydrogens is 232 g/mol. The van der Waals surface area contributed by atoms with Gasteiger partial charge in [0.05, 0.1) is 0 Å². The number of aryl methyl sites for hydroxylation is 1. The number of halogens is 1. The SMILES string of the molecule is Cc1ccc([Si](C)(Cl)c2ccccc2)cc1. The topological polar surface area (TPSA) is 0 Å². The van der Waals surface area contributed by atoms with E-state index < -0.39 is 7.38 Å². The van der Waals surface area contributed by atoms with Crippen LogP contribution in [0, 0.1) is 6.92 Å². The van der Waals surface area contributed by atoms with E-state index in [0.717, 1.165) is 0 Å². The lowest BCUT2D eigenvalue weighted by atomic mass is 10.2. The van der Waals surface area contributed by atoms with E-state index >= 15 is 0 Å². The van der Waals surface area contributed by atoms with E-state index in [2.05, 4.69) is 62.0 Å². The van der Waals surface area contributed by atoms with Crippen LogP contribution in [0.2, 0.25) is 6.55 Å². The van der Waals surface area contributed by atoms with Crippen molar-refractivity contribution in [2.24, 2.45) is 0 Å². The van der Waals surface area contributed by atoms with E-state index in [-0.39, 0.29) is 0 Å². The molecule has 0 spiro atoms. The molecule has 2 rings (SSSR count). The fraction of sp³-hybridized carbons (Fsp3) is 0.143. The Labute approximate surface area is 103 Å². The Hall–Kier alpha value is -1.05. The van der Waals surface area contributed by atoms with Gasteiger partial charge in [0.15, 0.2) is 0 Å². The van der Waals surface area contributed by atoms with Gasteiger partial charge in [-0.05, 0) is 23.8 Å². The van der Waals surface area contributed by atoms with Gasteiger partial charge in [-0.1, -0.05) is 60.2 Å². The lowest BCUT2D eigenvalue weighted by Crippen LogP contribution is -2.50. The molecule has 0 aliphatic heterocycles. The van der Waals surface area contributed by atoms with Crippen molar-refractivity contribution >= 4 is 28.8 Å². The van der Waals surface area contributed by atoms with E-state index in [9.17, 15) is 0 Å². The fourth-order valence-corrected chi connectivity index (χ4v) is 4.48. The number of rotatable bonds is 2. The quantitative estimate of drug-likeness (QED) is 0.565. The van der Waals surface area contributed by atoms with Gasteiger partial charge in [0.2, 0.25) is 7.38 Å². The molecule has 1 unspecified atom stereocenters. The van der Waals surface area contributed by atoms with Crippen LogP contribution in [0.1, 0.15) is 5.56 Å². The first-order chi connectivity index (χ1) is 7.60. The smallest absolute Gasteiger partial charge is 0.155 e. The van der Waals surface area contributed by atoms with Crippen molar-refractivity contribution < 1.29 is 0 Å². The van der Waals surface area contributed by atoms with E-state index in [1.54, 1.807) is 0 Å². The highest BCUT2D eigenvalue weighted by atomic mass is 35.6. The average molecular weight is 247 g/mol. The summed E-state index contributed by atoms with van der Waals surface area (Å²) in [7, 11) is -2.01. The molecule has 2 aromatic carbocycles. The van der Waals surface area contributed by atoms with E-state index in [1.807, 2.05) is 6.07 Å². The molecule has 0 heterocycles. The molecule has 2 heteroatoms. The molecule has 2 aromatic rings. The predicted molar refractivity (Wildman–Crippen MR) is 74.4 cm³/mol. The molecule has 0 nitrogen and oxygen atoms in total. The highest BCUT2D eigenvalue weighted by Gasteiger charge is 2.28. The van der Waals surface area contributed by atoms with Crippen molar-refractivity contribution in [3.05, 3.63) is 60.2 Å². The van der Waals surface area contributed by atoms with Gasteiger partial charge in [0.25, 0.3) is 0 Å². The Morgan fingerprint density at radius 1 is 0.812 bits per heavy atom. The van der Waals surface area contributed by atoms with Crippen LogP contribution in [-0.2, 0) is 0 Å². The van der Waals surface area contributed by atoms with Crippen molar-refractivity contribution in [1.29, 1.82) is 0 Å². The van der Waals surface area contributed by atoms with Gasteiger partial charge < -0.3 is 0 Å². The molecule has 82 valence electrons. The van der Waals surface area contributed by atoms with Crippen molar-refractivity contribution in [1.82, 2.24) is 0 Å². The van der Waals surface area contributed by atoms with Crippen LogP contribution in [0.4, 0.5) is 0 Å². The third-order valence-electron chi connectivity index (χ3n) is 2.91. The third-order valence-corrected chi connectivity index (χ3v) is 7.05. The monoisotopic (exact) mass is 246 g/mol. The highest BCUT2D eigenvalue weighted by Crippen LogP contribution is 2.10. The van der Waals surface area contributed by atoms with Crippen molar-refractivity contribution in [2.45, 2.75) is 13.5 Å². The molecule has 0 amide bonds. The van der Waals surface area contributed by atoms with E-state index in [0.29, 0.717) is 0 Å². The van der Waals surface area contributed by atoms with Gasteiger partial charge in [0.1, 0.15) is 0 Å². The minimum atomic E-state index is -2.01. The molecule has 0 radical (unpaired) electrons. The number of hydrogen-bond acceptors (Lipinski definition) is 0. The predicted octanol–water partition coefficient (Wildman–Crippen LogP) is 2.92. The standard InChI is InChI=1S/C14H15ClSi/c1-12-8-10-14(11-9-12)16(2,15)13-6-4-3-5-7-13/h3-11H,1-2H3. The summed E-state index contributed by atoms with van der Waals surface area (Å²) < 4.78 is 0. The second kappa shape index (κ2) is 4.44. The Balaban J connectivity index is 2.43. The zero-order valence-electron chi connectivity index (χ0n) is 9.57. The van der Waals surface area contributed by atoms with Gasteiger partial charge in [-0.15, -0.1) is 0 Å².